The highest BCUT2D eigenvalue weighted by Gasteiger charge is 2.14. The van der Waals surface area contributed by atoms with Gasteiger partial charge in [0.15, 0.2) is 0 Å². The van der Waals surface area contributed by atoms with Gasteiger partial charge in [0.1, 0.15) is 5.75 Å². The Morgan fingerprint density at radius 2 is 2.35 bits per heavy atom. The summed E-state index contributed by atoms with van der Waals surface area (Å²) in [6.07, 6.45) is 5.20. The third-order valence-electron chi connectivity index (χ3n) is 3.56. The number of nitrogens with one attached hydrogen (secondary N) is 2. The van der Waals surface area contributed by atoms with Gasteiger partial charge in [0.2, 0.25) is 5.91 Å². The fourth-order valence-electron chi connectivity index (χ4n) is 2.53. The van der Waals surface area contributed by atoms with E-state index in [9.17, 15) is 4.79 Å². The van der Waals surface area contributed by atoms with Crippen molar-refractivity contribution in [2.45, 2.75) is 45.1 Å². The Labute approximate surface area is 120 Å². The van der Waals surface area contributed by atoms with Gasteiger partial charge in [-0.1, -0.05) is 12.5 Å². The largest absolute Gasteiger partial charge is 0.494 e. The van der Waals surface area contributed by atoms with Gasteiger partial charge in [-0.3, -0.25) is 4.79 Å². The van der Waals surface area contributed by atoms with Crippen LogP contribution in [0.25, 0.3) is 0 Å². The molecule has 4 heteroatoms. The summed E-state index contributed by atoms with van der Waals surface area (Å²) in [6.45, 7) is 3.66. The minimum Gasteiger partial charge on any atom is -0.494 e. The number of hydrogen-bond acceptors (Lipinski definition) is 3. The van der Waals surface area contributed by atoms with Crippen LogP contribution < -0.4 is 15.4 Å². The van der Waals surface area contributed by atoms with Gasteiger partial charge in [0, 0.05) is 24.2 Å². The van der Waals surface area contributed by atoms with Gasteiger partial charge in [0.25, 0.3) is 0 Å². The molecule has 0 radical (unpaired) electrons. The highest BCUT2D eigenvalue weighted by Crippen LogP contribution is 2.18. The Bertz CT molecular complexity index is 428. The Balaban J connectivity index is 1.77. The third kappa shape index (κ3) is 4.85. The number of carbonyl (C=O) groups is 1. The molecule has 1 fully saturated rings. The number of hydrogen-bond donors (Lipinski definition) is 2. The van der Waals surface area contributed by atoms with Gasteiger partial charge in [-0.25, -0.2) is 0 Å². The fourth-order valence-corrected chi connectivity index (χ4v) is 2.53. The molecule has 2 N–H and O–H groups in total. The van der Waals surface area contributed by atoms with E-state index in [1.54, 1.807) is 0 Å². The topological polar surface area (TPSA) is 50.4 Å². The van der Waals surface area contributed by atoms with E-state index in [1.807, 2.05) is 31.2 Å². The normalized spacial score (nSPS) is 18.6. The van der Waals surface area contributed by atoms with Gasteiger partial charge >= 0.3 is 0 Å². The molecule has 0 saturated carbocycles. The van der Waals surface area contributed by atoms with Crippen LogP contribution >= 0.6 is 0 Å². The molecular weight excluding hydrogens is 252 g/mol. The molecule has 1 aromatic carbocycles. The van der Waals surface area contributed by atoms with Crippen LogP contribution in [0.3, 0.4) is 0 Å². The Morgan fingerprint density at radius 1 is 1.45 bits per heavy atom. The van der Waals surface area contributed by atoms with Crippen LogP contribution in [0.4, 0.5) is 5.69 Å². The molecule has 110 valence electrons. The van der Waals surface area contributed by atoms with Gasteiger partial charge in [0.05, 0.1) is 6.61 Å². The van der Waals surface area contributed by atoms with Crippen LogP contribution in [0, 0.1) is 0 Å². The lowest BCUT2D eigenvalue weighted by Crippen LogP contribution is -2.34. The van der Waals surface area contributed by atoms with Crippen molar-refractivity contribution >= 4 is 11.6 Å². The summed E-state index contributed by atoms with van der Waals surface area (Å²) in [5.74, 6) is 0.866. The van der Waals surface area contributed by atoms with Crippen LogP contribution in [-0.2, 0) is 4.79 Å². The predicted molar refractivity (Wildman–Crippen MR) is 81.1 cm³/mol. The van der Waals surface area contributed by atoms with Crippen molar-refractivity contribution in [1.82, 2.24) is 5.32 Å². The van der Waals surface area contributed by atoms with E-state index in [1.165, 1.54) is 19.3 Å². The number of ether oxygens (including phenoxy) is 1. The van der Waals surface area contributed by atoms with E-state index in [-0.39, 0.29) is 5.91 Å². The van der Waals surface area contributed by atoms with Gasteiger partial charge in [-0.05, 0) is 44.9 Å². The molecule has 1 amide bonds. The lowest BCUT2D eigenvalue weighted by Gasteiger charge is -2.23. The van der Waals surface area contributed by atoms with Crippen molar-refractivity contribution < 1.29 is 9.53 Å². The number of benzene rings is 1. The maximum atomic E-state index is 11.9. The molecule has 0 aliphatic carbocycles. The Morgan fingerprint density at radius 3 is 3.10 bits per heavy atom. The molecule has 0 spiro atoms. The second-order valence-corrected chi connectivity index (χ2v) is 5.19. The second-order valence-electron chi connectivity index (χ2n) is 5.19. The summed E-state index contributed by atoms with van der Waals surface area (Å²) in [6, 6.07) is 8.04. The number of piperidine rings is 1. The van der Waals surface area contributed by atoms with Crippen molar-refractivity contribution in [2.75, 3.05) is 18.5 Å². The first-order valence-electron chi connectivity index (χ1n) is 7.54. The summed E-state index contributed by atoms with van der Waals surface area (Å²) in [5.41, 5.74) is 0.803. The minimum atomic E-state index is 0.0750. The smallest absolute Gasteiger partial charge is 0.224 e. The molecule has 1 aliphatic heterocycles. The van der Waals surface area contributed by atoms with E-state index < -0.39 is 0 Å². The van der Waals surface area contributed by atoms with Gasteiger partial charge in [-0.2, -0.15) is 0 Å². The van der Waals surface area contributed by atoms with Crippen molar-refractivity contribution in [3.05, 3.63) is 24.3 Å². The minimum absolute atomic E-state index is 0.0750. The zero-order valence-electron chi connectivity index (χ0n) is 12.2. The maximum absolute atomic E-state index is 11.9. The summed E-state index contributed by atoms with van der Waals surface area (Å²) in [4.78, 5) is 11.9. The molecular formula is C16H24N2O2. The van der Waals surface area contributed by atoms with E-state index in [0.717, 1.165) is 24.4 Å². The van der Waals surface area contributed by atoms with Crippen molar-refractivity contribution in [3.8, 4) is 5.75 Å². The maximum Gasteiger partial charge on any atom is 0.224 e. The molecule has 2 rings (SSSR count). The lowest BCUT2D eigenvalue weighted by atomic mass is 10.0. The second kappa shape index (κ2) is 7.90. The Kier molecular flexibility index (Phi) is 5.87. The monoisotopic (exact) mass is 276 g/mol. The molecule has 20 heavy (non-hydrogen) atoms. The Hall–Kier alpha value is -1.55. The fraction of sp³-hybridized carbons (Fsp3) is 0.562. The molecule has 1 atom stereocenters. The molecule has 4 nitrogen and oxygen atoms in total. The van der Waals surface area contributed by atoms with E-state index >= 15 is 0 Å². The summed E-state index contributed by atoms with van der Waals surface area (Å²) in [5, 5.41) is 6.40. The average Bonchev–Trinajstić information content (AvgIpc) is 2.47. The SMILES string of the molecule is CCOc1cccc(NC(=O)CCC2CCCCN2)c1. The van der Waals surface area contributed by atoms with Gasteiger partial charge in [-0.15, -0.1) is 0 Å². The van der Waals surface area contributed by atoms with Gasteiger partial charge < -0.3 is 15.4 Å². The van der Waals surface area contributed by atoms with Crippen LogP contribution in [0.2, 0.25) is 0 Å². The zero-order chi connectivity index (χ0) is 14.2. The van der Waals surface area contributed by atoms with Crippen LogP contribution in [-0.4, -0.2) is 25.1 Å². The summed E-state index contributed by atoms with van der Waals surface area (Å²) >= 11 is 0. The molecule has 0 aromatic heterocycles. The number of rotatable bonds is 6. The quantitative estimate of drug-likeness (QED) is 0.840. The molecule has 1 aromatic rings. The van der Waals surface area contributed by atoms with Crippen LogP contribution in [0.1, 0.15) is 39.0 Å². The first-order valence-corrected chi connectivity index (χ1v) is 7.54. The molecule has 1 saturated heterocycles. The highest BCUT2D eigenvalue weighted by molar-refractivity contribution is 5.90. The lowest BCUT2D eigenvalue weighted by molar-refractivity contribution is -0.116. The molecule has 1 unspecified atom stereocenters. The van der Waals surface area contributed by atoms with Crippen molar-refractivity contribution in [3.63, 3.8) is 0 Å². The molecule has 0 bridgehead atoms. The van der Waals surface area contributed by atoms with Crippen molar-refractivity contribution in [1.29, 1.82) is 0 Å². The average molecular weight is 276 g/mol. The number of carbonyl (C=O) groups excluding carboxylic acids is 1. The van der Waals surface area contributed by atoms with Crippen LogP contribution in [0.5, 0.6) is 5.75 Å². The number of amides is 1. The zero-order valence-corrected chi connectivity index (χ0v) is 12.2. The van der Waals surface area contributed by atoms with E-state index in [2.05, 4.69) is 10.6 Å². The summed E-state index contributed by atoms with van der Waals surface area (Å²) < 4.78 is 5.42. The molecule has 1 aliphatic rings. The van der Waals surface area contributed by atoms with E-state index in [4.69, 9.17) is 4.74 Å². The van der Waals surface area contributed by atoms with Crippen molar-refractivity contribution in [2.24, 2.45) is 0 Å². The first kappa shape index (κ1) is 14.9. The summed E-state index contributed by atoms with van der Waals surface area (Å²) in [7, 11) is 0. The van der Waals surface area contributed by atoms with Crippen LogP contribution in [0.15, 0.2) is 24.3 Å². The first-order chi connectivity index (χ1) is 9.78. The molecule has 1 heterocycles. The third-order valence-corrected chi connectivity index (χ3v) is 3.56. The predicted octanol–water partition coefficient (Wildman–Crippen LogP) is 2.95. The standard InChI is InChI=1S/C16H24N2O2/c1-2-20-15-8-5-7-14(12-15)18-16(19)10-9-13-6-3-4-11-17-13/h5,7-8,12-13,17H,2-4,6,9-11H2,1H3,(H,18,19). The highest BCUT2D eigenvalue weighted by atomic mass is 16.5. The number of anilines is 1. The van der Waals surface area contributed by atoms with E-state index in [0.29, 0.717) is 19.1 Å².